The topological polar surface area (TPSA) is 214 Å². The standard InChI is InChI=1S/C38H6F9N9/c39-36(40,41)25-4-3-17(6-27(25)38(45,46)47)29-22(13-54)33-23(14-55)32-21(12-53)28(16-1-2-18(7-48)26(5-16)37(42,43)44)30(19(8-49)9-50)34(32)24(15-56)35(33)31(29)20(10-51)11-52/h1-6H. The molecule has 0 amide bonds. The van der Waals surface area contributed by atoms with Crippen LogP contribution in [0.15, 0.2) is 47.5 Å². The second-order valence-corrected chi connectivity index (χ2v) is 11.3. The Hall–Kier alpha value is -8.60. The molecule has 0 bridgehead atoms. The normalized spacial score (nSPS) is 13.1. The molecule has 0 saturated heterocycles. The van der Waals surface area contributed by atoms with Gasteiger partial charge in [-0.2, -0.15) is 86.9 Å². The van der Waals surface area contributed by atoms with Crippen molar-refractivity contribution in [3.8, 4) is 54.6 Å². The third-order valence-electron chi connectivity index (χ3n) is 8.55. The Morgan fingerprint density at radius 2 is 0.786 bits per heavy atom. The number of hydrogen-bond acceptors (Lipinski definition) is 9. The Morgan fingerprint density at radius 1 is 0.411 bits per heavy atom. The van der Waals surface area contributed by atoms with Crippen molar-refractivity contribution in [2.75, 3.05) is 0 Å². The predicted octanol–water partition coefficient (Wildman–Crippen LogP) is 8.86. The predicted molar refractivity (Wildman–Crippen MR) is 170 cm³/mol. The average Bonchev–Trinajstić information content (AvgIpc) is 3.67. The quantitative estimate of drug-likeness (QED) is 0.180. The van der Waals surface area contributed by atoms with Gasteiger partial charge in [0.25, 0.3) is 0 Å². The summed E-state index contributed by atoms with van der Waals surface area (Å²) in [5, 5.41) is 91.6. The fraction of sp³-hybridized carbons (Fsp3) is 0.0789. The first-order valence-corrected chi connectivity index (χ1v) is 14.7. The van der Waals surface area contributed by atoms with E-state index in [-0.39, 0.29) is 12.1 Å². The zero-order chi connectivity index (χ0) is 41.7. The van der Waals surface area contributed by atoms with Crippen LogP contribution in [-0.4, -0.2) is 0 Å². The van der Waals surface area contributed by atoms with Crippen LogP contribution in [0.2, 0.25) is 0 Å². The lowest BCUT2D eigenvalue weighted by molar-refractivity contribution is -0.162. The van der Waals surface area contributed by atoms with Gasteiger partial charge in [-0.25, -0.2) is 0 Å². The van der Waals surface area contributed by atoms with E-state index in [1.807, 2.05) is 0 Å². The summed E-state index contributed by atoms with van der Waals surface area (Å²) >= 11 is 0. The van der Waals surface area contributed by atoms with Crippen LogP contribution >= 0.6 is 0 Å². The number of nitrogens with zero attached hydrogens (tertiary/aromatic N) is 9. The molecular formula is C38H6F9N9. The van der Waals surface area contributed by atoms with Gasteiger partial charge in [0.05, 0.1) is 50.6 Å². The molecule has 0 aromatic heterocycles. The zero-order valence-corrected chi connectivity index (χ0v) is 26.9. The van der Waals surface area contributed by atoms with Crippen molar-refractivity contribution in [2.24, 2.45) is 0 Å². The van der Waals surface area contributed by atoms with Gasteiger partial charge in [0.2, 0.25) is 0 Å². The van der Waals surface area contributed by atoms with E-state index >= 15 is 0 Å². The summed E-state index contributed by atoms with van der Waals surface area (Å²) in [6, 6.07) is 16.2. The van der Waals surface area contributed by atoms with Crippen molar-refractivity contribution < 1.29 is 39.5 Å². The number of fused-ring (bicyclic) bond motifs is 2. The Kier molecular flexibility index (Phi) is 9.26. The molecule has 0 unspecified atom stereocenters. The summed E-state index contributed by atoms with van der Waals surface area (Å²) < 4.78 is 126. The molecular weight excluding hydrogens is 753 g/mol. The van der Waals surface area contributed by atoms with Crippen molar-refractivity contribution in [3.05, 3.63) is 114 Å². The number of halogens is 9. The zero-order valence-electron chi connectivity index (χ0n) is 26.9. The summed E-state index contributed by atoms with van der Waals surface area (Å²) in [5.41, 5.74) is -19.4. The molecule has 5 rings (SSSR count). The van der Waals surface area contributed by atoms with Crippen molar-refractivity contribution >= 4 is 33.4 Å². The summed E-state index contributed by atoms with van der Waals surface area (Å²) in [6.45, 7) is 0. The molecule has 0 N–H and O–H groups in total. The van der Waals surface area contributed by atoms with Gasteiger partial charge < -0.3 is 0 Å². The molecule has 56 heavy (non-hydrogen) atoms. The van der Waals surface area contributed by atoms with Gasteiger partial charge in [-0.05, 0) is 35.4 Å². The number of hydrogen-bond donors (Lipinski definition) is 0. The number of nitriles is 9. The highest BCUT2D eigenvalue weighted by Crippen LogP contribution is 2.58. The molecule has 0 aliphatic heterocycles. The maximum Gasteiger partial charge on any atom is 0.417 e. The third kappa shape index (κ3) is 5.69. The summed E-state index contributed by atoms with van der Waals surface area (Å²) in [7, 11) is 0. The van der Waals surface area contributed by atoms with Crippen LogP contribution < -0.4 is 0 Å². The molecule has 2 aliphatic rings. The second-order valence-electron chi connectivity index (χ2n) is 11.3. The second kappa shape index (κ2) is 13.4. The van der Waals surface area contributed by atoms with Gasteiger partial charge in [0.1, 0.15) is 59.7 Å². The van der Waals surface area contributed by atoms with Crippen molar-refractivity contribution in [1.82, 2.24) is 0 Å². The lowest BCUT2D eigenvalue weighted by Gasteiger charge is -2.18. The van der Waals surface area contributed by atoms with E-state index in [0.717, 1.165) is 6.07 Å². The van der Waals surface area contributed by atoms with Crippen LogP contribution in [0.5, 0.6) is 0 Å². The maximum atomic E-state index is 14.1. The van der Waals surface area contributed by atoms with Gasteiger partial charge in [-0.1, -0.05) is 12.1 Å². The van der Waals surface area contributed by atoms with Crippen LogP contribution in [0.1, 0.15) is 66.8 Å². The Morgan fingerprint density at radius 3 is 1.12 bits per heavy atom. The fourth-order valence-electron chi connectivity index (χ4n) is 6.51. The molecule has 0 fully saturated rings. The molecule has 2 aliphatic carbocycles. The van der Waals surface area contributed by atoms with E-state index in [0.29, 0.717) is 18.2 Å². The number of allylic oxidation sites excluding steroid dienone is 8. The van der Waals surface area contributed by atoms with Gasteiger partial charge in [-0.3, -0.25) is 0 Å². The molecule has 18 heteroatoms. The van der Waals surface area contributed by atoms with E-state index in [9.17, 15) is 86.9 Å². The van der Waals surface area contributed by atoms with E-state index in [1.54, 1.807) is 24.3 Å². The Balaban J connectivity index is 2.10. The Labute approximate surface area is 307 Å². The van der Waals surface area contributed by atoms with Gasteiger partial charge in [-0.15, -0.1) is 0 Å². The molecule has 266 valence electrons. The molecule has 0 radical (unpaired) electrons. The molecule has 0 heterocycles. The van der Waals surface area contributed by atoms with Crippen LogP contribution in [0.3, 0.4) is 0 Å². The van der Waals surface area contributed by atoms with Crippen LogP contribution in [0.25, 0.3) is 33.4 Å². The maximum absolute atomic E-state index is 14.1. The minimum absolute atomic E-state index is 0.0120. The number of rotatable bonds is 2. The van der Waals surface area contributed by atoms with Crippen LogP contribution in [-0.2, 0) is 18.5 Å². The smallest absolute Gasteiger partial charge is 0.192 e. The van der Waals surface area contributed by atoms with E-state index in [1.165, 1.54) is 30.3 Å². The summed E-state index contributed by atoms with van der Waals surface area (Å²) in [4.78, 5) is 0. The summed E-state index contributed by atoms with van der Waals surface area (Å²) in [5.74, 6) is 0. The third-order valence-corrected chi connectivity index (χ3v) is 8.55. The number of alkyl halides is 9. The molecule has 0 saturated carbocycles. The molecule has 3 aromatic carbocycles. The van der Waals surface area contributed by atoms with Crippen LogP contribution in [0.4, 0.5) is 39.5 Å². The molecule has 0 atom stereocenters. The van der Waals surface area contributed by atoms with Gasteiger partial charge in [0, 0.05) is 44.5 Å². The van der Waals surface area contributed by atoms with Crippen molar-refractivity contribution in [3.63, 3.8) is 0 Å². The molecule has 3 aromatic rings. The van der Waals surface area contributed by atoms with E-state index in [2.05, 4.69) is 0 Å². The van der Waals surface area contributed by atoms with Gasteiger partial charge in [0.15, 0.2) is 0 Å². The highest BCUT2D eigenvalue weighted by atomic mass is 19.4. The van der Waals surface area contributed by atoms with Crippen LogP contribution in [0, 0.1) is 102 Å². The average molecular weight is 760 g/mol. The largest absolute Gasteiger partial charge is 0.417 e. The first-order valence-electron chi connectivity index (χ1n) is 14.7. The van der Waals surface area contributed by atoms with E-state index < -0.39 is 130 Å². The lowest BCUT2D eigenvalue weighted by Crippen LogP contribution is -2.16. The lowest BCUT2D eigenvalue weighted by atomic mass is 9.82. The fourth-order valence-corrected chi connectivity index (χ4v) is 6.51. The van der Waals surface area contributed by atoms with E-state index in [4.69, 9.17) is 0 Å². The highest BCUT2D eigenvalue weighted by molar-refractivity contribution is 6.32. The SMILES string of the molecule is N#CC(C#N)=C1C(c2ccc(C#N)c(C(F)(F)F)c2)=C(C#N)c2c(C#N)c3c(c(C#N)c21)C(=C(C#N)C#N)C(c1ccc(C(F)(F)F)c(C(F)(F)F)c1)=C3C#N. The van der Waals surface area contributed by atoms with Gasteiger partial charge >= 0.3 is 18.5 Å². The minimum Gasteiger partial charge on any atom is -0.192 e. The Bertz CT molecular complexity index is 2880. The number of benzene rings is 3. The summed E-state index contributed by atoms with van der Waals surface area (Å²) in [6.07, 6.45) is -16.4. The van der Waals surface area contributed by atoms with Crippen molar-refractivity contribution in [2.45, 2.75) is 18.5 Å². The monoisotopic (exact) mass is 759 g/mol. The first-order chi connectivity index (χ1) is 26.3. The molecule has 0 spiro atoms. The van der Waals surface area contributed by atoms with Crippen molar-refractivity contribution in [1.29, 1.82) is 47.4 Å². The minimum atomic E-state index is -5.68. The highest BCUT2D eigenvalue weighted by Gasteiger charge is 2.46. The molecule has 9 nitrogen and oxygen atoms in total. The first kappa shape index (κ1) is 38.6.